The molecule has 0 saturated carbocycles. The highest BCUT2D eigenvalue weighted by atomic mass is 19.1. The molecule has 1 aromatic rings. The number of halogens is 1. The first-order valence-corrected chi connectivity index (χ1v) is 5.16. The molecule has 5 heteroatoms. The number of hydrogen-bond acceptors (Lipinski definition) is 4. The van der Waals surface area contributed by atoms with Crippen LogP contribution in [0.25, 0.3) is 0 Å². The van der Waals surface area contributed by atoms with Crippen LogP contribution in [0.15, 0.2) is 29.8 Å². The van der Waals surface area contributed by atoms with Gasteiger partial charge in [-0.2, -0.15) is 5.26 Å². The molecule has 0 radical (unpaired) electrons. The highest BCUT2D eigenvalue weighted by Crippen LogP contribution is 2.20. The lowest BCUT2D eigenvalue weighted by Crippen LogP contribution is -2.04. The molecule has 0 unspecified atom stereocenters. The fourth-order valence-corrected chi connectivity index (χ4v) is 1.23. The summed E-state index contributed by atoms with van der Waals surface area (Å²) in [7, 11) is 1.28. The monoisotopic (exact) mass is 249 g/mol. The van der Waals surface area contributed by atoms with Crippen LogP contribution in [-0.4, -0.2) is 19.7 Å². The number of methoxy groups -OCH3 is 1. The molecule has 0 spiro atoms. The van der Waals surface area contributed by atoms with E-state index < -0.39 is 11.8 Å². The van der Waals surface area contributed by atoms with E-state index in [1.807, 2.05) is 0 Å². The van der Waals surface area contributed by atoms with Crippen molar-refractivity contribution >= 4 is 5.97 Å². The molecule has 0 heterocycles. The first-order valence-electron chi connectivity index (χ1n) is 5.16. The molecule has 0 saturated heterocycles. The minimum absolute atomic E-state index is 0.0546. The fourth-order valence-electron chi connectivity index (χ4n) is 1.23. The molecule has 0 aromatic heterocycles. The summed E-state index contributed by atoms with van der Waals surface area (Å²) in [5.41, 5.74) is 0.231. The van der Waals surface area contributed by atoms with Gasteiger partial charge in [-0.05, 0) is 25.1 Å². The van der Waals surface area contributed by atoms with E-state index in [1.165, 1.54) is 31.4 Å². The number of benzene rings is 1. The van der Waals surface area contributed by atoms with Crippen molar-refractivity contribution in [1.29, 1.82) is 5.26 Å². The highest BCUT2D eigenvalue weighted by molar-refractivity contribution is 5.87. The topological polar surface area (TPSA) is 59.3 Å². The van der Waals surface area contributed by atoms with Crippen LogP contribution in [0.3, 0.4) is 0 Å². The summed E-state index contributed by atoms with van der Waals surface area (Å²) in [6.45, 7) is 1.63. The predicted molar refractivity (Wildman–Crippen MR) is 62.4 cm³/mol. The van der Waals surface area contributed by atoms with Gasteiger partial charge in [0, 0.05) is 5.57 Å². The minimum atomic E-state index is -0.635. The molecule has 94 valence electrons. The summed E-state index contributed by atoms with van der Waals surface area (Å²) >= 11 is 0. The zero-order chi connectivity index (χ0) is 13.5. The van der Waals surface area contributed by atoms with Gasteiger partial charge < -0.3 is 9.47 Å². The summed E-state index contributed by atoms with van der Waals surface area (Å²) in [5, 5.41) is 8.77. The van der Waals surface area contributed by atoms with Gasteiger partial charge in [0.15, 0.2) is 0 Å². The second-order valence-electron chi connectivity index (χ2n) is 3.41. The van der Waals surface area contributed by atoms with Crippen LogP contribution in [0.1, 0.15) is 12.5 Å². The van der Waals surface area contributed by atoms with Crippen molar-refractivity contribution in [2.45, 2.75) is 6.92 Å². The third-order valence-corrected chi connectivity index (χ3v) is 2.22. The van der Waals surface area contributed by atoms with Gasteiger partial charge in [-0.3, -0.25) is 0 Å². The maximum Gasteiger partial charge on any atom is 0.333 e. The normalized spacial score (nSPS) is 10.7. The SMILES string of the molecule is COC(=O)C(C)=CCOc1cccc(F)c1C#N. The maximum atomic E-state index is 13.2. The lowest BCUT2D eigenvalue weighted by atomic mass is 10.2. The van der Waals surface area contributed by atoms with Crippen LogP contribution in [0.2, 0.25) is 0 Å². The molecule has 0 aliphatic heterocycles. The number of carbonyl (C=O) groups excluding carboxylic acids is 1. The molecule has 0 N–H and O–H groups in total. The van der Waals surface area contributed by atoms with E-state index in [0.717, 1.165) is 0 Å². The highest BCUT2D eigenvalue weighted by Gasteiger charge is 2.08. The van der Waals surface area contributed by atoms with Gasteiger partial charge in [0.25, 0.3) is 0 Å². The summed E-state index contributed by atoms with van der Waals surface area (Å²) in [6, 6.07) is 5.84. The zero-order valence-electron chi connectivity index (χ0n) is 10.1. The Balaban J connectivity index is 2.74. The van der Waals surface area contributed by atoms with E-state index in [2.05, 4.69) is 4.74 Å². The van der Waals surface area contributed by atoms with E-state index in [1.54, 1.807) is 13.0 Å². The summed E-state index contributed by atoms with van der Waals surface area (Å²) in [5.74, 6) is -0.951. The third-order valence-electron chi connectivity index (χ3n) is 2.22. The van der Waals surface area contributed by atoms with Gasteiger partial charge in [-0.25, -0.2) is 9.18 Å². The van der Waals surface area contributed by atoms with Crippen LogP contribution in [0, 0.1) is 17.1 Å². The van der Waals surface area contributed by atoms with Crippen molar-refractivity contribution < 1.29 is 18.7 Å². The predicted octanol–water partition coefficient (Wildman–Crippen LogP) is 2.20. The number of nitrogens with zero attached hydrogens (tertiary/aromatic N) is 1. The second kappa shape index (κ2) is 6.40. The van der Waals surface area contributed by atoms with Crippen molar-refractivity contribution in [2.24, 2.45) is 0 Å². The van der Waals surface area contributed by atoms with Crippen LogP contribution >= 0.6 is 0 Å². The number of rotatable bonds is 4. The van der Waals surface area contributed by atoms with Crippen molar-refractivity contribution in [3.63, 3.8) is 0 Å². The van der Waals surface area contributed by atoms with Crippen molar-refractivity contribution in [3.8, 4) is 11.8 Å². The van der Waals surface area contributed by atoms with Crippen LogP contribution in [0.4, 0.5) is 4.39 Å². The van der Waals surface area contributed by atoms with E-state index in [4.69, 9.17) is 10.00 Å². The molecule has 0 bridgehead atoms. The number of carbonyl (C=O) groups is 1. The summed E-state index contributed by atoms with van der Waals surface area (Å²) in [4.78, 5) is 11.1. The standard InChI is InChI=1S/C13H12FNO3/c1-9(13(16)17-2)6-7-18-12-5-3-4-11(14)10(12)8-15/h3-6H,7H2,1-2H3. The molecule has 18 heavy (non-hydrogen) atoms. The van der Waals surface area contributed by atoms with Gasteiger partial charge >= 0.3 is 5.97 Å². The fraction of sp³-hybridized carbons (Fsp3) is 0.231. The van der Waals surface area contributed by atoms with Gasteiger partial charge in [-0.15, -0.1) is 0 Å². The Morgan fingerprint density at radius 2 is 2.28 bits per heavy atom. The maximum absolute atomic E-state index is 13.2. The van der Waals surface area contributed by atoms with Crippen molar-refractivity contribution in [3.05, 3.63) is 41.2 Å². The minimum Gasteiger partial charge on any atom is -0.488 e. The Bertz CT molecular complexity index is 517. The number of esters is 1. The molecular weight excluding hydrogens is 237 g/mol. The number of ether oxygens (including phenoxy) is 2. The average molecular weight is 249 g/mol. The van der Waals surface area contributed by atoms with E-state index in [9.17, 15) is 9.18 Å². The smallest absolute Gasteiger partial charge is 0.333 e. The van der Waals surface area contributed by atoms with Crippen molar-refractivity contribution in [1.82, 2.24) is 0 Å². The Kier molecular flexibility index (Phi) is 4.88. The Morgan fingerprint density at radius 1 is 1.56 bits per heavy atom. The van der Waals surface area contributed by atoms with Crippen LogP contribution in [-0.2, 0) is 9.53 Å². The second-order valence-corrected chi connectivity index (χ2v) is 3.41. The van der Waals surface area contributed by atoms with Gasteiger partial charge in [-0.1, -0.05) is 6.07 Å². The Hall–Kier alpha value is -2.35. The van der Waals surface area contributed by atoms with Gasteiger partial charge in [0.1, 0.15) is 29.8 Å². The number of hydrogen-bond donors (Lipinski definition) is 0. The van der Waals surface area contributed by atoms with E-state index in [0.29, 0.717) is 5.57 Å². The van der Waals surface area contributed by atoms with Crippen LogP contribution < -0.4 is 4.74 Å². The lowest BCUT2D eigenvalue weighted by Gasteiger charge is -2.06. The first-order chi connectivity index (χ1) is 8.60. The zero-order valence-corrected chi connectivity index (χ0v) is 10.1. The molecular formula is C13H12FNO3. The number of nitriles is 1. The average Bonchev–Trinajstić information content (AvgIpc) is 2.37. The van der Waals surface area contributed by atoms with Gasteiger partial charge in [0.2, 0.25) is 0 Å². The molecule has 4 nitrogen and oxygen atoms in total. The van der Waals surface area contributed by atoms with Crippen molar-refractivity contribution in [2.75, 3.05) is 13.7 Å². The molecule has 0 amide bonds. The molecule has 0 atom stereocenters. The largest absolute Gasteiger partial charge is 0.488 e. The first kappa shape index (κ1) is 13.7. The molecule has 0 aliphatic carbocycles. The van der Waals surface area contributed by atoms with Gasteiger partial charge in [0.05, 0.1) is 7.11 Å². The molecule has 1 aromatic carbocycles. The quantitative estimate of drug-likeness (QED) is 0.606. The Morgan fingerprint density at radius 3 is 2.89 bits per heavy atom. The molecule has 0 aliphatic rings. The molecule has 0 fully saturated rings. The van der Waals surface area contributed by atoms with Crippen LogP contribution in [0.5, 0.6) is 5.75 Å². The third kappa shape index (κ3) is 3.32. The lowest BCUT2D eigenvalue weighted by molar-refractivity contribution is -0.136. The summed E-state index contributed by atoms with van der Waals surface area (Å²) < 4.78 is 23.0. The van der Waals surface area contributed by atoms with E-state index >= 15 is 0 Å². The van der Waals surface area contributed by atoms with E-state index in [-0.39, 0.29) is 17.9 Å². The Labute approximate surface area is 104 Å². The summed E-state index contributed by atoms with van der Waals surface area (Å²) in [6.07, 6.45) is 1.50. The molecule has 1 rings (SSSR count).